The highest BCUT2D eigenvalue weighted by molar-refractivity contribution is 8.00. The Morgan fingerprint density at radius 3 is 2.28 bits per heavy atom. The van der Waals surface area contributed by atoms with E-state index in [1.54, 1.807) is 42.1 Å². The summed E-state index contributed by atoms with van der Waals surface area (Å²) in [4.78, 5) is 63.7. The number of amides is 3. The number of primary amides is 2. The molecule has 0 aliphatic carbocycles. The van der Waals surface area contributed by atoms with Gasteiger partial charge in [0.1, 0.15) is 5.92 Å². The molecule has 46 heavy (non-hydrogen) atoms. The second kappa shape index (κ2) is 13.5. The number of carboxylic acids is 2. The van der Waals surface area contributed by atoms with Gasteiger partial charge in [-0.05, 0) is 23.6 Å². The van der Waals surface area contributed by atoms with E-state index in [9.17, 15) is 42.6 Å². The van der Waals surface area contributed by atoms with Crippen molar-refractivity contribution >= 4 is 51.5 Å². The quantitative estimate of drug-likeness (QED) is 0.109. The smallest absolute Gasteiger partial charge is 0.361 e. The van der Waals surface area contributed by atoms with Crippen molar-refractivity contribution in [2.24, 2.45) is 17.4 Å². The van der Waals surface area contributed by atoms with E-state index in [1.807, 2.05) is 6.92 Å². The number of hydrogen-bond donors (Lipinski definition) is 4. The molecule has 1 unspecified atom stereocenters. The molecule has 1 saturated heterocycles. The van der Waals surface area contributed by atoms with Gasteiger partial charge < -0.3 is 26.5 Å². The summed E-state index contributed by atoms with van der Waals surface area (Å²) in [5.74, 6) is -6.16. The fourth-order valence-corrected chi connectivity index (χ4v) is 6.60. The molecule has 2 aliphatic rings. The molecule has 2 aromatic heterocycles. The van der Waals surface area contributed by atoms with E-state index in [2.05, 4.69) is 4.98 Å². The number of thioether (sulfide) groups is 1. The van der Waals surface area contributed by atoms with Gasteiger partial charge in [0.15, 0.2) is 11.5 Å². The predicted octanol–water partition coefficient (Wildman–Crippen LogP) is -1.50. The molecule has 5 rings (SSSR count). The lowest BCUT2D eigenvalue weighted by molar-refractivity contribution is -0.729. The van der Waals surface area contributed by atoms with Gasteiger partial charge in [-0.15, -0.1) is 11.8 Å². The molecule has 1 fully saturated rings. The fraction of sp³-hybridized carbons (Fsp3) is 0.250. The Labute approximate surface area is 266 Å². The number of aromatic nitrogens is 3. The Morgan fingerprint density at radius 1 is 1.13 bits per heavy atom. The van der Waals surface area contributed by atoms with Gasteiger partial charge >= 0.3 is 5.97 Å². The molecule has 2 aliphatic heterocycles. The van der Waals surface area contributed by atoms with Crippen LogP contribution >= 0.6 is 11.8 Å². The fourth-order valence-electron chi connectivity index (χ4n) is 4.88. The van der Waals surface area contributed by atoms with Crippen molar-refractivity contribution in [3.8, 4) is 0 Å². The number of carbonyl (C=O) groups is 5. The Bertz CT molecular complexity index is 1840. The summed E-state index contributed by atoms with van der Waals surface area (Å²) >= 11 is 1.58. The van der Waals surface area contributed by atoms with Gasteiger partial charge in [-0.2, -0.15) is 8.42 Å². The molecule has 18 heteroatoms. The zero-order chi connectivity index (χ0) is 33.9. The average molecular weight is 673 g/mol. The molecule has 6 N–H and O–H groups in total. The number of rotatable bonds is 10. The lowest BCUT2D eigenvalue weighted by Crippen LogP contribution is -2.60. The van der Waals surface area contributed by atoms with E-state index in [0.29, 0.717) is 16.9 Å². The highest BCUT2D eigenvalue weighted by Gasteiger charge is 2.47. The van der Waals surface area contributed by atoms with Gasteiger partial charge in [-0.25, -0.2) is 9.78 Å². The number of carboxylic acid groups (broad SMARTS) is 2. The minimum Gasteiger partial charge on any atom is -0.543 e. The molecule has 0 bridgehead atoms. The van der Waals surface area contributed by atoms with Crippen LogP contribution in [0.3, 0.4) is 0 Å². The van der Waals surface area contributed by atoms with Crippen LogP contribution in [-0.4, -0.2) is 79.2 Å². The number of fused-ring (bicyclic) bond motifs is 1. The highest BCUT2D eigenvalue weighted by Crippen LogP contribution is 2.40. The summed E-state index contributed by atoms with van der Waals surface area (Å²) in [7, 11) is -4.17. The number of aromatic carboxylic acids is 1. The number of pyridine rings is 1. The molecule has 3 aromatic rings. The number of β-lactam (4-membered cyclic amide) rings is 1. The number of carbonyl (C=O) groups excluding carboxylic acids is 4. The molecule has 3 amide bonds. The summed E-state index contributed by atoms with van der Waals surface area (Å²) in [6, 6.07) is 11.2. The van der Waals surface area contributed by atoms with E-state index in [0.717, 1.165) is 4.68 Å². The normalized spacial score (nSPS) is 17.8. The van der Waals surface area contributed by atoms with Gasteiger partial charge in [-0.3, -0.25) is 23.8 Å². The standard InChI is InChI=1S/C20H19N5O7S.C8H9NO3S/c21-17(26)14(13-4-2-1-3-5-13)19-23-15(18(22)27)16(20(28)29)25(19)24-9-6-12(7-10-24)8-11-33(30,31)32;1-4-6(10)9-5(8(11)12)2-3-13-7(4)9/h1-7,9-10,14H,8,11H2,(H5-,21,22,26,27,28,29,30,31,32);2,4,7H,3H2,1H3,(H,11,12)/t;4-,7-/m.0/s1. The zero-order valence-electron chi connectivity index (χ0n) is 24.0. The molecule has 4 heterocycles. The third kappa shape index (κ3) is 7.08. The van der Waals surface area contributed by atoms with Crippen LogP contribution in [0.15, 0.2) is 66.6 Å². The van der Waals surface area contributed by atoms with Crippen LogP contribution in [0.2, 0.25) is 0 Å². The summed E-state index contributed by atoms with van der Waals surface area (Å²) in [5, 5.41) is 20.4. The van der Waals surface area contributed by atoms with Gasteiger partial charge in [0.05, 0.1) is 28.7 Å². The SMILES string of the molecule is C[C@H]1C(=O)N2C(C(=O)[O-])=CCS[C@@H]12.NC(=O)c1nc(C(C(N)=O)c2ccccc2)n(-[n+]2ccc(CCS(=O)(=O)O)cc2)c1C(=O)O. The maximum atomic E-state index is 12.4. The molecular formula is C28H28N6O10S2. The number of nitrogens with zero attached hydrogens (tertiary/aromatic N) is 4. The summed E-state index contributed by atoms with van der Waals surface area (Å²) in [6.07, 6.45) is 4.29. The first kappa shape index (κ1) is 33.8. The molecule has 16 nitrogen and oxygen atoms in total. The second-order valence-corrected chi connectivity index (χ2v) is 12.8. The lowest BCUT2D eigenvalue weighted by Gasteiger charge is -2.48. The monoisotopic (exact) mass is 672 g/mol. The van der Waals surface area contributed by atoms with Crippen LogP contribution in [0.5, 0.6) is 0 Å². The number of nitrogens with two attached hydrogens (primary N) is 2. The largest absolute Gasteiger partial charge is 0.543 e. The molecule has 0 radical (unpaired) electrons. The minimum absolute atomic E-state index is 0.00269. The third-order valence-electron chi connectivity index (χ3n) is 7.07. The highest BCUT2D eigenvalue weighted by atomic mass is 32.2. The van der Waals surface area contributed by atoms with Crippen molar-refractivity contribution in [2.75, 3.05) is 11.5 Å². The molecule has 242 valence electrons. The van der Waals surface area contributed by atoms with Crippen LogP contribution in [0.25, 0.3) is 0 Å². The lowest BCUT2D eigenvalue weighted by atomic mass is 9.98. The number of benzene rings is 1. The van der Waals surface area contributed by atoms with Crippen LogP contribution in [0, 0.1) is 5.92 Å². The van der Waals surface area contributed by atoms with Crippen molar-refractivity contribution in [1.29, 1.82) is 0 Å². The summed E-state index contributed by atoms with van der Waals surface area (Å²) in [5.41, 5.74) is 10.8. The number of imidazole rings is 1. The van der Waals surface area contributed by atoms with Crippen molar-refractivity contribution in [1.82, 2.24) is 14.6 Å². The van der Waals surface area contributed by atoms with Crippen molar-refractivity contribution in [3.05, 3.63) is 95.0 Å². The molecule has 0 saturated carbocycles. The zero-order valence-corrected chi connectivity index (χ0v) is 25.7. The Kier molecular flexibility index (Phi) is 9.93. The number of aliphatic carboxylic acids is 1. The maximum Gasteiger partial charge on any atom is 0.361 e. The topological polar surface area (TPSA) is 260 Å². The van der Waals surface area contributed by atoms with Gasteiger partial charge in [0.25, 0.3) is 16.0 Å². The summed E-state index contributed by atoms with van der Waals surface area (Å²) < 4.78 is 33.2. The predicted molar refractivity (Wildman–Crippen MR) is 158 cm³/mol. The van der Waals surface area contributed by atoms with Gasteiger partial charge in [0.2, 0.25) is 29.9 Å². The Hall–Kier alpha value is -5.07. The van der Waals surface area contributed by atoms with E-state index in [1.165, 1.54) is 40.2 Å². The maximum absolute atomic E-state index is 12.4. The van der Waals surface area contributed by atoms with Gasteiger partial charge in [-0.1, -0.05) is 46.6 Å². The third-order valence-corrected chi connectivity index (χ3v) is 9.11. The minimum atomic E-state index is -4.17. The van der Waals surface area contributed by atoms with Gasteiger partial charge in [0, 0.05) is 17.9 Å². The number of hydrogen-bond acceptors (Lipinski definition) is 10. The van der Waals surface area contributed by atoms with Crippen LogP contribution in [0.4, 0.5) is 0 Å². The Morgan fingerprint density at radius 2 is 1.76 bits per heavy atom. The summed E-state index contributed by atoms with van der Waals surface area (Å²) in [6.45, 7) is 1.81. The van der Waals surface area contributed by atoms with Crippen molar-refractivity contribution in [3.63, 3.8) is 0 Å². The van der Waals surface area contributed by atoms with Crippen molar-refractivity contribution < 1.29 is 51.8 Å². The number of aryl methyl sites for hydroxylation is 1. The first-order valence-corrected chi connectivity index (χ1v) is 16.1. The van der Waals surface area contributed by atoms with E-state index >= 15 is 0 Å². The first-order valence-electron chi connectivity index (χ1n) is 13.4. The van der Waals surface area contributed by atoms with Crippen LogP contribution in [0.1, 0.15) is 50.8 Å². The van der Waals surface area contributed by atoms with E-state index in [-0.39, 0.29) is 35.1 Å². The van der Waals surface area contributed by atoms with E-state index in [4.69, 9.17) is 16.0 Å². The molecule has 3 atom stereocenters. The molecular weight excluding hydrogens is 644 g/mol. The second-order valence-electron chi connectivity index (χ2n) is 10.1. The first-order chi connectivity index (χ1) is 21.6. The molecule has 1 aromatic carbocycles. The van der Waals surface area contributed by atoms with E-state index < -0.39 is 56.9 Å². The van der Waals surface area contributed by atoms with Crippen LogP contribution < -0.4 is 21.2 Å². The average Bonchev–Trinajstić information content (AvgIpc) is 3.40. The Balaban J connectivity index is 0.000000305. The van der Waals surface area contributed by atoms with Crippen molar-refractivity contribution in [2.45, 2.75) is 24.6 Å². The van der Waals surface area contributed by atoms with Crippen LogP contribution in [-0.2, 0) is 30.9 Å². The molecule has 0 spiro atoms.